The standard InChI is InChI=1S/C12H9Cl2N3O2/c13-8-1-2-10(9(14)6-8)19-11-5-7(3-4-16-11)12(15)17-18/h1-6,18H,(H2,15,17). The van der Waals surface area contributed by atoms with Crippen molar-refractivity contribution in [2.75, 3.05) is 0 Å². The van der Waals surface area contributed by atoms with Crippen LogP contribution in [0.25, 0.3) is 0 Å². The van der Waals surface area contributed by atoms with E-state index in [0.717, 1.165) is 0 Å². The zero-order valence-electron chi connectivity index (χ0n) is 9.55. The molecule has 0 bridgehead atoms. The van der Waals surface area contributed by atoms with Crippen LogP contribution in [0.2, 0.25) is 10.0 Å². The molecule has 1 heterocycles. The minimum Gasteiger partial charge on any atom is -0.437 e. The predicted octanol–water partition coefficient (Wildman–Crippen LogP) is 3.28. The van der Waals surface area contributed by atoms with E-state index in [4.69, 9.17) is 38.9 Å². The van der Waals surface area contributed by atoms with Crippen LogP contribution in [-0.2, 0) is 0 Å². The highest BCUT2D eigenvalue weighted by Crippen LogP contribution is 2.30. The first kappa shape index (κ1) is 13.5. The van der Waals surface area contributed by atoms with Crippen LogP contribution in [0.5, 0.6) is 11.6 Å². The Bertz CT molecular complexity index is 632. The molecule has 98 valence electrons. The van der Waals surface area contributed by atoms with Crippen LogP contribution in [0.3, 0.4) is 0 Å². The second-order valence-corrected chi connectivity index (χ2v) is 4.39. The summed E-state index contributed by atoms with van der Waals surface area (Å²) in [5.74, 6) is 0.651. The molecule has 5 nitrogen and oxygen atoms in total. The van der Waals surface area contributed by atoms with Crippen molar-refractivity contribution in [3.8, 4) is 11.6 Å². The van der Waals surface area contributed by atoms with Crippen molar-refractivity contribution in [3.63, 3.8) is 0 Å². The van der Waals surface area contributed by atoms with Crippen LogP contribution < -0.4 is 10.5 Å². The molecule has 3 N–H and O–H groups in total. The second kappa shape index (κ2) is 5.77. The molecular formula is C12H9Cl2N3O2. The molecule has 0 aliphatic carbocycles. The van der Waals surface area contributed by atoms with Gasteiger partial charge < -0.3 is 15.7 Å². The van der Waals surface area contributed by atoms with Crippen LogP contribution >= 0.6 is 23.2 Å². The number of oxime groups is 1. The van der Waals surface area contributed by atoms with E-state index < -0.39 is 0 Å². The quantitative estimate of drug-likeness (QED) is 0.394. The van der Waals surface area contributed by atoms with Crippen molar-refractivity contribution in [1.82, 2.24) is 4.98 Å². The summed E-state index contributed by atoms with van der Waals surface area (Å²) >= 11 is 11.8. The van der Waals surface area contributed by atoms with Gasteiger partial charge >= 0.3 is 0 Å². The van der Waals surface area contributed by atoms with Crippen molar-refractivity contribution in [2.24, 2.45) is 10.9 Å². The summed E-state index contributed by atoms with van der Waals surface area (Å²) in [5.41, 5.74) is 5.96. The second-order valence-electron chi connectivity index (χ2n) is 3.54. The minimum atomic E-state index is -0.0329. The van der Waals surface area contributed by atoms with E-state index in [1.54, 1.807) is 24.3 Å². The normalized spacial score (nSPS) is 11.4. The Labute approximate surface area is 119 Å². The lowest BCUT2D eigenvalue weighted by Crippen LogP contribution is -2.13. The van der Waals surface area contributed by atoms with Gasteiger partial charge in [0.25, 0.3) is 0 Å². The van der Waals surface area contributed by atoms with Gasteiger partial charge in [0, 0.05) is 22.8 Å². The zero-order chi connectivity index (χ0) is 13.8. The number of amidine groups is 1. The molecule has 2 rings (SSSR count). The van der Waals surface area contributed by atoms with Gasteiger partial charge in [0.15, 0.2) is 5.84 Å². The summed E-state index contributed by atoms with van der Waals surface area (Å²) in [7, 11) is 0. The summed E-state index contributed by atoms with van der Waals surface area (Å²) in [6, 6.07) is 7.95. The van der Waals surface area contributed by atoms with E-state index in [9.17, 15) is 0 Å². The van der Waals surface area contributed by atoms with Crippen molar-refractivity contribution in [3.05, 3.63) is 52.1 Å². The molecular weight excluding hydrogens is 289 g/mol. The van der Waals surface area contributed by atoms with Gasteiger partial charge in [-0.05, 0) is 24.3 Å². The molecule has 0 saturated carbocycles. The summed E-state index contributed by atoms with van der Waals surface area (Å²) < 4.78 is 5.51. The largest absolute Gasteiger partial charge is 0.437 e. The van der Waals surface area contributed by atoms with Gasteiger partial charge in [-0.2, -0.15) is 0 Å². The van der Waals surface area contributed by atoms with Crippen molar-refractivity contribution < 1.29 is 9.94 Å². The molecule has 7 heteroatoms. The fourth-order valence-corrected chi connectivity index (χ4v) is 1.80. The molecule has 0 aliphatic rings. The van der Waals surface area contributed by atoms with Crippen molar-refractivity contribution >= 4 is 29.0 Å². The third kappa shape index (κ3) is 3.27. The Kier molecular flexibility index (Phi) is 4.09. The number of aromatic nitrogens is 1. The average molecular weight is 298 g/mol. The lowest BCUT2D eigenvalue weighted by molar-refractivity contribution is 0.318. The SMILES string of the molecule is N/C(=N\O)c1ccnc(Oc2ccc(Cl)cc2Cl)c1. The fourth-order valence-electron chi connectivity index (χ4n) is 1.35. The lowest BCUT2D eigenvalue weighted by Gasteiger charge is -2.07. The molecule has 0 unspecified atom stereocenters. The van der Waals surface area contributed by atoms with Crippen LogP contribution in [0.15, 0.2) is 41.7 Å². The zero-order valence-corrected chi connectivity index (χ0v) is 11.1. The Morgan fingerprint density at radius 2 is 2.05 bits per heavy atom. The monoisotopic (exact) mass is 297 g/mol. The number of ether oxygens (including phenoxy) is 1. The van der Waals surface area contributed by atoms with Crippen LogP contribution in [0.1, 0.15) is 5.56 Å². The molecule has 0 aliphatic heterocycles. The van der Waals surface area contributed by atoms with Gasteiger partial charge in [-0.3, -0.25) is 0 Å². The number of hydrogen-bond acceptors (Lipinski definition) is 4. The van der Waals surface area contributed by atoms with Gasteiger partial charge in [0.1, 0.15) is 5.75 Å². The van der Waals surface area contributed by atoms with Crippen molar-refractivity contribution in [2.45, 2.75) is 0 Å². The summed E-state index contributed by atoms with van der Waals surface area (Å²) in [6.07, 6.45) is 1.48. The van der Waals surface area contributed by atoms with E-state index in [1.165, 1.54) is 12.3 Å². The Hall–Kier alpha value is -1.98. The first-order valence-electron chi connectivity index (χ1n) is 5.17. The third-order valence-corrected chi connectivity index (χ3v) is 2.78. The summed E-state index contributed by atoms with van der Waals surface area (Å²) in [5, 5.41) is 12.4. The number of pyridine rings is 1. The number of benzene rings is 1. The molecule has 19 heavy (non-hydrogen) atoms. The first-order valence-corrected chi connectivity index (χ1v) is 5.92. The van der Waals surface area contributed by atoms with Crippen LogP contribution in [-0.4, -0.2) is 16.0 Å². The number of hydrogen-bond donors (Lipinski definition) is 2. The van der Waals surface area contributed by atoms with Gasteiger partial charge in [-0.1, -0.05) is 28.4 Å². The topological polar surface area (TPSA) is 80.7 Å². The number of rotatable bonds is 3. The number of nitrogens with two attached hydrogens (primary N) is 1. The molecule has 0 atom stereocenters. The van der Waals surface area contributed by atoms with E-state index in [2.05, 4.69) is 10.1 Å². The molecule has 0 amide bonds. The number of halogens is 2. The maximum absolute atomic E-state index is 8.61. The maximum Gasteiger partial charge on any atom is 0.219 e. The molecule has 0 saturated heterocycles. The smallest absolute Gasteiger partial charge is 0.219 e. The van der Waals surface area contributed by atoms with Crippen LogP contribution in [0.4, 0.5) is 0 Å². The van der Waals surface area contributed by atoms with Crippen LogP contribution in [0, 0.1) is 0 Å². The predicted molar refractivity (Wildman–Crippen MR) is 73.3 cm³/mol. The molecule has 0 spiro atoms. The Balaban J connectivity index is 2.28. The van der Waals surface area contributed by atoms with Gasteiger partial charge in [0.2, 0.25) is 5.88 Å². The third-order valence-electron chi connectivity index (χ3n) is 2.25. The highest BCUT2D eigenvalue weighted by atomic mass is 35.5. The summed E-state index contributed by atoms with van der Waals surface area (Å²) in [6.45, 7) is 0. The molecule has 2 aromatic rings. The maximum atomic E-state index is 8.61. The van der Waals surface area contributed by atoms with Gasteiger partial charge in [-0.15, -0.1) is 0 Å². The van der Waals surface area contributed by atoms with Gasteiger partial charge in [-0.25, -0.2) is 4.98 Å². The van der Waals surface area contributed by atoms with Gasteiger partial charge in [0.05, 0.1) is 5.02 Å². The average Bonchev–Trinajstić information content (AvgIpc) is 2.41. The van der Waals surface area contributed by atoms with Crippen molar-refractivity contribution in [1.29, 1.82) is 0 Å². The molecule has 1 aromatic heterocycles. The molecule has 0 radical (unpaired) electrons. The first-order chi connectivity index (χ1) is 9.10. The Morgan fingerprint density at radius 1 is 1.26 bits per heavy atom. The minimum absolute atomic E-state index is 0.0329. The molecule has 1 aromatic carbocycles. The summed E-state index contributed by atoms with van der Waals surface area (Å²) in [4.78, 5) is 4.01. The molecule has 0 fully saturated rings. The lowest BCUT2D eigenvalue weighted by atomic mass is 10.2. The fraction of sp³-hybridized carbons (Fsp3) is 0. The van der Waals surface area contributed by atoms with E-state index >= 15 is 0 Å². The van der Waals surface area contributed by atoms with E-state index in [-0.39, 0.29) is 11.7 Å². The number of nitrogens with zero attached hydrogens (tertiary/aromatic N) is 2. The highest BCUT2D eigenvalue weighted by molar-refractivity contribution is 6.35. The highest BCUT2D eigenvalue weighted by Gasteiger charge is 2.07. The van der Waals surface area contributed by atoms with E-state index in [0.29, 0.717) is 21.4 Å². The Morgan fingerprint density at radius 3 is 2.74 bits per heavy atom. The van der Waals surface area contributed by atoms with E-state index in [1.807, 2.05) is 0 Å².